The lowest BCUT2D eigenvalue weighted by atomic mass is 10.0. The molecule has 20 heavy (non-hydrogen) atoms. The average molecular weight is 283 g/mol. The third kappa shape index (κ3) is 3.75. The van der Waals surface area contributed by atoms with Crippen LogP contribution in [0.3, 0.4) is 0 Å². The average Bonchev–Trinajstić information content (AvgIpc) is 2.77. The Morgan fingerprint density at radius 3 is 2.85 bits per heavy atom. The van der Waals surface area contributed by atoms with E-state index in [9.17, 15) is 8.78 Å². The van der Waals surface area contributed by atoms with Crippen molar-refractivity contribution in [3.05, 3.63) is 35.4 Å². The van der Waals surface area contributed by atoms with Crippen LogP contribution >= 0.6 is 0 Å². The number of likely N-dealkylation sites (N-methyl/N-ethyl adjacent to an activating group) is 1. The SMILES string of the molecule is CN1CCC(CN(C)CC(N)c2cccc(F)c2F)C1. The van der Waals surface area contributed by atoms with Crippen LogP contribution in [0.5, 0.6) is 0 Å². The highest BCUT2D eigenvalue weighted by Crippen LogP contribution is 2.20. The number of nitrogens with two attached hydrogens (primary N) is 1. The van der Waals surface area contributed by atoms with E-state index in [2.05, 4.69) is 16.8 Å². The minimum absolute atomic E-state index is 0.250. The van der Waals surface area contributed by atoms with Crippen molar-refractivity contribution < 1.29 is 8.78 Å². The number of halogens is 2. The van der Waals surface area contributed by atoms with Crippen LogP contribution in [0.1, 0.15) is 18.0 Å². The lowest BCUT2D eigenvalue weighted by Gasteiger charge is -2.24. The van der Waals surface area contributed by atoms with Gasteiger partial charge in [0.2, 0.25) is 0 Å². The van der Waals surface area contributed by atoms with Crippen LogP contribution in [-0.2, 0) is 0 Å². The van der Waals surface area contributed by atoms with Crippen LogP contribution in [-0.4, -0.2) is 50.1 Å². The predicted molar refractivity (Wildman–Crippen MR) is 76.4 cm³/mol. The van der Waals surface area contributed by atoms with Gasteiger partial charge in [-0.1, -0.05) is 12.1 Å². The Hall–Kier alpha value is -1.04. The van der Waals surface area contributed by atoms with Crippen LogP contribution in [0.15, 0.2) is 18.2 Å². The van der Waals surface area contributed by atoms with E-state index in [4.69, 9.17) is 5.73 Å². The minimum atomic E-state index is -0.835. The van der Waals surface area contributed by atoms with E-state index >= 15 is 0 Å². The molecule has 2 N–H and O–H groups in total. The van der Waals surface area contributed by atoms with E-state index in [0.717, 1.165) is 25.7 Å². The molecule has 1 saturated heterocycles. The van der Waals surface area contributed by atoms with Crippen molar-refractivity contribution in [1.29, 1.82) is 0 Å². The Balaban J connectivity index is 1.90. The summed E-state index contributed by atoms with van der Waals surface area (Å²) in [6.07, 6.45) is 1.18. The van der Waals surface area contributed by atoms with Gasteiger partial charge in [-0.15, -0.1) is 0 Å². The maximum absolute atomic E-state index is 13.7. The molecule has 0 amide bonds. The molecule has 0 radical (unpaired) electrons. The van der Waals surface area contributed by atoms with Gasteiger partial charge in [-0.25, -0.2) is 8.78 Å². The summed E-state index contributed by atoms with van der Waals surface area (Å²) in [6.45, 7) is 3.69. The molecule has 2 rings (SSSR count). The van der Waals surface area contributed by atoms with E-state index in [1.54, 1.807) is 6.07 Å². The first kappa shape index (κ1) is 15.4. The predicted octanol–water partition coefficient (Wildman–Crippen LogP) is 1.85. The van der Waals surface area contributed by atoms with Crippen LogP contribution < -0.4 is 5.73 Å². The molecule has 1 aromatic carbocycles. The Bertz CT molecular complexity index is 453. The van der Waals surface area contributed by atoms with Gasteiger partial charge < -0.3 is 15.5 Å². The molecule has 0 aliphatic carbocycles. The van der Waals surface area contributed by atoms with Crippen molar-refractivity contribution in [3.63, 3.8) is 0 Å². The molecule has 1 aliphatic rings. The topological polar surface area (TPSA) is 32.5 Å². The van der Waals surface area contributed by atoms with Crippen LogP contribution in [0.2, 0.25) is 0 Å². The van der Waals surface area contributed by atoms with Gasteiger partial charge in [0, 0.05) is 31.2 Å². The largest absolute Gasteiger partial charge is 0.323 e. The lowest BCUT2D eigenvalue weighted by Crippen LogP contribution is -2.34. The lowest BCUT2D eigenvalue weighted by molar-refractivity contribution is 0.258. The molecular weight excluding hydrogens is 260 g/mol. The second-order valence-electron chi connectivity index (χ2n) is 5.89. The fraction of sp³-hybridized carbons (Fsp3) is 0.600. The third-order valence-electron chi connectivity index (χ3n) is 3.95. The zero-order valence-electron chi connectivity index (χ0n) is 12.1. The fourth-order valence-electron chi connectivity index (χ4n) is 2.93. The molecule has 1 aliphatic heterocycles. The Kier molecular flexibility index (Phi) is 5.07. The maximum Gasteiger partial charge on any atom is 0.163 e. The van der Waals surface area contributed by atoms with Crippen LogP contribution in [0, 0.1) is 17.6 Å². The molecule has 0 bridgehead atoms. The molecule has 0 saturated carbocycles. The summed E-state index contributed by atoms with van der Waals surface area (Å²) in [6, 6.07) is 3.67. The zero-order valence-corrected chi connectivity index (χ0v) is 12.1. The summed E-state index contributed by atoms with van der Waals surface area (Å²) in [7, 11) is 4.10. The van der Waals surface area contributed by atoms with Crippen molar-refractivity contribution in [2.24, 2.45) is 11.7 Å². The summed E-state index contributed by atoms with van der Waals surface area (Å²) in [5, 5.41) is 0. The van der Waals surface area contributed by atoms with Gasteiger partial charge in [0.05, 0.1) is 0 Å². The normalized spacial score (nSPS) is 21.6. The summed E-state index contributed by atoms with van der Waals surface area (Å²) in [5.41, 5.74) is 6.26. The molecule has 2 atom stereocenters. The second-order valence-corrected chi connectivity index (χ2v) is 5.89. The molecule has 112 valence electrons. The monoisotopic (exact) mass is 283 g/mol. The molecule has 1 heterocycles. The van der Waals surface area contributed by atoms with Crippen molar-refractivity contribution in [2.75, 3.05) is 40.3 Å². The molecule has 1 aromatic rings. The van der Waals surface area contributed by atoms with Gasteiger partial charge in [-0.2, -0.15) is 0 Å². The highest BCUT2D eigenvalue weighted by atomic mass is 19.2. The summed E-state index contributed by atoms with van der Waals surface area (Å²) < 4.78 is 26.9. The Morgan fingerprint density at radius 2 is 2.20 bits per heavy atom. The first-order chi connectivity index (χ1) is 9.47. The standard InChI is InChI=1S/C15H23F2N3/c1-19-7-6-11(8-19)9-20(2)10-14(18)12-4-3-5-13(16)15(12)17/h3-5,11,14H,6-10,18H2,1-2H3. The van der Waals surface area contributed by atoms with E-state index in [-0.39, 0.29) is 5.56 Å². The first-order valence-corrected chi connectivity index (χ1v) is 7.04. The van der Waals surface area contributed by atoms with Gasteiger partial charge >= 0.3 is 0 Å². The summed E-state index contributed by atoms with van der Waals surface area (Å²) in [5.74, 6) is -1.03. The molecule has 3 nitrogen and oxygen atoms in total. The van der Waals surface area contributed by atoms with Gasteiger partial charge in [0.15, 0.2) is 11.6 Å². The van der Waals surface area contributed by atoms with Gasteiger partial charge in [-0.05, 0) is 39.0 Å². The van der Waals surface area contributed by atoms with E-state index < -0.39 is 17.7 Å². The molecule has 0 aromatic heterocycles. The summed E-state index contributed by atoms with van der Waals surface area (Å²) in [4.78, 5) is 4.42. The number of benzene rings is 1. The number of rotatable bonds is 5. The molecule has 2 unspecified atom stereocenters. The van der Waals surface area contributed by atoms with E-state index in [1.165, 1.54) is 12.5 Å². The fourth-order valence-corrected chi connectivity index (χ4v) is 2.93. The van der Waals surface area contributed by atoms with Crippen LogP contribution in [0.25, 0.3) is 0 Å². The van der Waals surface area contributed by atoms with Crippen molar-refractivity contribution in [2.45, 2.75) is 12.5 Å². The quantitative estimate of drug-likeness (QED) is 0.895. The summed E-state index contributed by atoms with van der Waals surface area (Å²) >= 11 is 0. The van der Waals surface area contributed by atoms with Crippen molar-refractivity contribution in [3.8, 4) is 0 Å². The Labute approximate surface area is 119 Å². The van der Waals surface area contributed by atoms with Gasteiger partial charge in [0.25, 0.3) is 0 Å². The number of likely N-dealkylation sites (tertiary alicyclic amines) is 1. The van der Waals surface area contributed by atoms with Gasteiger partial charge in [0.1, 0.15) is 0 Å². The molecular formula is C15H23F2N3. The van der Waals surface area contributed by atoms with E-state index in [1.807, 2.05) is 7.05 Å². The van der Waals surface area contributed by atoms with Crippen LogP contribution in [0.4, 0.5) is 8.78 Å². The Morgan fingerprint density at radius 1 is 1.45 bits per heavy atom. The molecule has 1 fully saturated rings. The number of hydrogen-bond acceptors (Lipinski definition) is 3. The second kappa shape index (κ2) is 6.61. The molecule has 5 heteroatoms. The maximum atomic E-state index is 13.7. The minimum Gasteiger partial charge on any atom is -0.323 e. The smallest absolute Gasteiger partial charge is 0.163 e. The van der Waals surface area contributed by atoms with Gasteiger partial charge in [-0.3, -0.25) is 0 Å². The van der Waals surface area contributed by atoms with Crippen molar-refractivity contribution in [1.82, 2.24) is 9.80 Å². The first-order valence-electron chi connectivity index (χ1n) is 7.04. The van der Waals surface area contributed by atoms with Crippen molar-refractivity contribution >= 4 is 0 Å². The highest BCUT2D eigenvalue weighted by Gasteiger charge is 2.22. The van der Waals surface area contributed by atoms with E-state index in [0.29, 0.717) is 12.5 Å². The number of hydrogen-bond donors (Lipinski definition) is 1. The third-order valence-corrected chi connectivity index (χ3v) is 3.95. The number of nitrogens with zero attached hydrogens (tertiary/aromatic N) is 2. The molecule has 0 spiro atoms. The highest BCUT2D eigenvalue weighted by molar-refractivity contribution is 5.22. The zero-order chi connectivity index (χ0) is 14.7.